The zero-order chi connectivity index (χ0) is 27.9. The van der Waals surface area contributed by atoms with Crippen LogP contribution in [0.3, 0.4) is 0 Å². The average molecular weight is 559 g/mol. The van der Waals surface area contributed by atoms with E-state index in [-0.39, 0.29) is 11.4 Å². The molecule has 2 atom stereocenters. The number of nitrogens with zero attached hydrogens (tertiary/aromatic N) is 1. The minimum atomic E-state index is -2.93. The van der Waals surface area contributed by atoms with Crippen LogP contribution in [-0.4, -0.2) is 63.2 Å². The number of carbonyl (C=O) groups excluding carboxylic acids is 1. The van der Waals surface area contributed by atoms with Crippen molar-refractivity contribution in [2.24, 2.45) is 0 Å². The summed E-state index contributed by atoms with van der Waals surface area (Å²) in [7, 11) is -2.93. The molecule has 2 aromatic rings. The van der Waals surface area contributed by atoms with E-state index in [0.29, 0.717) is 43.1 Å². The molecule has 1 aliphatic heterocycles. The van der Waals surface area contributed by atoms with E-state index in [1.807, 2.05) is 43.3 Å². The quantitative estimate of drug-likeness (QED) is 0.219. The Morgan fingerprint density at radius 2 is 1.79 bits per heavy atom. The van der Waals surface area contributed by atoms with Crippen molar-refractivity contribution in [2.45, 2.75) is 82.9 Å². The van der Waals surface area contributed by atoms with Crippen LogP contribution < -0.4 is 20.3 Å². The van der Waals surface area contributed by atoms with Gasteiger partial charge < -0.3 is 21.1 Å². The van der Waals surface area contributed by atoms with Gasteiger partial charge >= 0.3 is 0 Å². The van der Waals surface area contributed by atoms with Gasteiger partial charge in [-0.2, -0.15) is 0 Å². The maximum absolute atomic E-state index is 13.7. The van der Waals surface area contributed by atoms with Gasteiger partial charge in [-0.3, -0.25) is 18.2 Å². The van der Waals surface area contributed by atoms with Gasteiger partial charge in [0.1, 0.15) is 0 Å². The molecule has 6 N–H and O–H groups in total. The van der Waals surface area contributed by atoms with Gasteiger partial charge in [-0.25, -0.2) is 0 Å². The number of aliphatic hydroxyl groups is 1. The monoisotopic (exact) mass is 558 g/mol. The van der Waals surface area contributed by atoms with Crippen molar-refractivity contribution in [3.63, 3.8) is 0 Å². The molecular weight excluding hydrogens is 512 g/mol. The molecule has 2 fully saturated rings. The fraction of sp³-hybridized carbons (Fsp3) is 0.567. The summed E-state index contributed by atoms with van der Waals surface area (Å²) in [6.07, 6.45) is 7.16. The number of benzene rings is 2. The van der Waals surface area contributed by atoms with Gasteiger partial charge in [-0.15, -0.1) is 10.8 Å². The van der Waals surface area contributed by atoms with E-state index in [4.69, 9.17) is 0 Å². The van der Waals surface area contributed by atoms with E-state index < -0.39 is 22.9 Å². The van der Waals surface area contributed by atoms with Crippen LogP contribution in [0.15, 0.2) is 48.5 Å². The summed E-state index contributed by atoms with van der Waals surface area (Å²) in [5, 5.41) is 21.3. The average Bonchev–Trinajstić information content (AvgIpc) is 2.92. The second-order valence-electron chi connectivity index (χ2n) is 11.3. The number of hydrogen-bond donors (Lipinski definition) is 6. The molecule has 0 bridgehead atoms. The van der Waals surface area contributed by atoms with Gasteiger partial charge in [-0.05, 0) is 69.7 Å². The molecule has 0 spiro atoms. The summed E-state index contributed by atoms with van der Waals surface area (Å²) >= 11 is 0. The van der Waals surface area contributed by atoms with Crippen LogP contribution in [0.2, 0.25) is 0 Å². The maximum Gasteiger partial charge on any atom is 0.251 e. The third-order valence-electron chi connectivity index (χ3n) is 8.01. The van der Waals surface area contributed by atoms with Gasteiger partial charge in [0.25, 0.3) is 5.91 Å². The number of amides is 1. The summed E-state index contributed by atoms with van der Waals surface area (Å²) in [6, 6.07) is 14.8. The third-order valence-corrected chi connectivity index (χ3v) is 9.94. The van der Waals surface area contributed by atoms with Crippen LogP contribution in [0.5, 0.6) is 0 Å². The van der Waals surface area contributed by atoms with Crippen LogP contribution >= 0.6 is 10.8 Å². The highest BCUT2D eigenvalue weighted by atomic mass is 32.3. The first-order valence-corrected chi connectivity index (χ1v) is 16.1. The predicted molar refractivity (Wildman–Crippen MR) is 162 cm³/mol. The Balaban J connectivity index is 1.55. The van der Waals surface area contributed by atoms with Crippen molar-refractivity contribution in [1.82, 2.24) is 10.6 Å². The molecule has 1 heterocycles. The summed E-state index contributed by atoms with van der Waals surface area (Å²) in [5.41, 5.74) is 2.82. The molecule has 1 saturated heterocycles. The van der Waals surface area contributed by atoms with Crippen LogP contribution in [0.4, 0.5) is 11.4 Å². The second-order valence-corrected chi connectivity index (χ2v) is 13.4. The SMILES string of the molecule is CCNc1cc(C(=O)N[C@@H](Cc2ccccc2)[C@H](O)CNC2(C)CCCCC2)cc(N2CCCCS2(O)O)c1. The number of aliphatic hydroxyl groups excluding tert-OH is 1. The number of nitrogens with one attached hydrogen (secondary N) is 3. The lowest BCUT2D eigenvalue weighted by Gasteiger charge is -2.47. The number of rotatable bonds is 11. The van der Waals surface area contributed by atoms with Crippen LogP contribution in [-0.2, 0) is 6.42 Å². The van der Waals surface area contributed by atoms with Crippen molar-refractivity contribution in [1.29, 1.82) is 0 Å². The molecule has 1 saturated carbocycles. The Morgan fingerprint density at radius 1 is 1.05 bits per heavy atom. The van der Waals surface area contributed by atoms with Gasteiger partial charge in [0.15, 0.2) is 0 Å². The Labute approximate surface area is 235 Å². The predicted octanol–water partition coefficient (Wildman–Crippen LogP) is 5.40. The molecule has 39 heavy (non-hydrogen) atoms. The van der Waals surface area contributed by atoms with Crippen molar-refractivity contribution < 1.29 is 19.0 Å². The zero-order valence-corrected chi connectivity index (χ0v) is 24.2. The topological polar surface area (TPSA) is 117 Å². The second kappa shape index (κ2) is 13.4. The fourth-order valence-electron chi connectivity index (χ4n) is 5.70. The van der Waals surface area contributed by atoms with Crippen molar-refractivity contribution in [3.8, 4) is 0 Å². The molecule has 8 nitrogen and oxygen atoms in total. The molecule has 4 rings (SSSR count). The normalized spacial score (nSPS) is 21.0. The standard InChI is InChI=1S/C30H46N4O4S/c1-3-31-25-19-24(20-26(21-25)34-16-10-11-17-39(34,37)38)29(36)33-27(18-23-12-6-4-7-13-23)28(35)22-32-30(2)14-8-5-9-15-30/h4,6-7,12-13,19-21,27-28,31-32,35,37-38H,3,5,8-11,14-18,22H2,1-2H3,(H,33,36)/t27-,28+/m0/s1. The van der Waals surface area contributed by atoms with Gasteiger partial charge in [0, 0.05) is 36.4 Å². The van der Waals surface area contributed by atoms with Crippen molar-refractivity contribution in [3.05, 3.63) is 59.7 Å². The molecule has 1 amide bonds. The fourth-order valence-corrected chi connectivity index (χ4v) is 7.38. The highest BCUT2D eigenvalue weighted by molar-refractivity contribution is 8.25. The molecule has 1 aliphatic carbocycles. The maximum atomic E-state index is 13.7. The molecule has 2 aliphatic rings. The number of β-amino-alcohol motifs (C(OH)–C–C–N with tert-alkyl or cyclic N) is 1. The van der Waals surface area contributed by atoms with E-state index in [9.17, 15) is 19.0 Å². The first-order chi connectivity index (χ1) is 18.7. The molecule has 2 aromatic carbocycles. The van der Waals surface area contributed by atoms with E-state index in [2.05, 4.69) is 22.9 Å². The Morgan fingerprint density at radius 3 is 2.49 bits per heavy atom. The van der Waals surface area contributed by atoms with Gasteiger partial charge in [0.05, 0.1) is 23.6 Å². The summed E-state index contributed by atoms with van der Waals surface area (Å²) in [6.45, 7) is 5.79. The Kier molecular flexibility index (Phi) is 10.2. The minimum absolute atomic E-state index is 0.00739. The highest BCUT2D eigenvalue weighted by Crippen LogP contribution is 2.50. The zero-order valence-electron chi connectivity index (χ0n) is 23.4. The van der Waals surface area contributed by atoms with E-state index in [1.165, 1.54) is 19.3 Å². The summed E-state index contributed by atoms with van der Waals surface area (Å²) in [4.78, 5) is 13.7. The smallest absolute Gasteiger partial charge is 0.251 e. The van der Waals surface area contributed by atoms with Gasteiger partial charge in [0.2, 0.25) is 0 Å². The molecule has 0 radical (unpaired) electrons. The summed E-state index contributed by atoms with van der Waals surface area (Å²) in [5.74, 6) is 0.0328. The molecule has 216 valence electrons. The lowest BCUT2D eigenvalue weighted by molar-refractivity contribution is 0.0799. The van der Waals surface area contributed by atoms with Gasteiger partial charge in [-0.1, -0.05) is 49.6 Å². The minimum Gasteiger partial charge on any atom is -0.390 e. The Hall–Kier alpha value is -2.30. The molecule has 9 heteroatoms. The lowest BCUT2D eigenvalue weighted by Crippen LogP contribution is -2.53. The third kappa shape index (κ3) is 8.11. The van der Waals surface area contributed by atoms with E-state index >= 15 is 0 Å². The lowest BCUT2D eigenvalue weighted by atomic mass is 9.83. The molecular formula is C30H46N4O4S. The number of carbonyl (C=O) groups is 1. The van der Waals surface area contributed by atoms with Crippen LogP contribution in [0, 0.1) is 0 Å². The first-order valence-electron chi connectivity index (χ1n) is 14.4. The van der Waals surface area contributed by atoms with Crippen molar-refractivity contribution in [2.75, 3.05) is 35.0 Å². The van der Waals surface area contributed by atoms with Crippen molar-refractivity contribution >= 4 is 28.1 Å². The highest BCUT2D eigenvalue weighted by Gasteiger charge is 2.31. The molecule has 0 unspecified atom stereocenters. The largest absolute Gasteiger partial charge is 0.390 e. The van der Waals surface area contributed by atoms with Crippen LogP contribution in [0.25, 0.3) is 0 Å². The summed E-state index contributed by atoms with van der Waals surface area (Å²) < 4.78 is 23.1. The first kappa shape index (κ1) is 29.7. The van der Waals surface area contributed by atoms with E-state index in [0.717, 1.165) is 36.9 Å². The van der Waals surface area contributed by atoms with Crippen LogP contribution in [0.1, 0.15) is 74.7 Å². The number of hydrogen-bond acceptors (Lipinski definition) is 7. The van der Waals surface area contributed by atoms with E-state index in [1.54, 1.807) is 16.4 Å². The molecule has 0 aromatic heterocycles. The number of anilines is 2. The Bertz CT molecular complexity index is 1080.